The highest BCUT2D eigenvalue weighted by atomic mass is 16.5. The molecule has 2 amide bonds. The number of nitrogens with one attached hydrogen (secondary N) is 2. The maximum atomic E-state index is 12.8. The number of hydroxylamine groups is 1. The molecular formula is C23H25N3O3. The SMILES string of the molecule is CN(C)c1ccc(C(=Cc2ccc(/C=C/C(=O)NO)cc2)C(=O)NC2CC2)cc1. The van der Waals surface area contributed by atoms with Gasteiger partial charge in [0.1, 0.15) is 0 Å². The van der Waals surface area contributed by atoms with Gasteiger partial charge in [-0.2, -0.15) is 0 Å². The van der Waals surface area contributed by atoms with Crippen molar-refractivity contribution in [1.82, 2.24) is 10.8 Å². The molecule has 0 saturated heterocycles. The van der Waals surface area contributed by atoms with Crippen molar-refractivity contribution in [2.45, 2.75) is 18.9 Å². The molecule has 1 aliphatic rings. The van der Waals surface area contributed by atoms with Gasteiger partial charge in [0.2, 0.25) is 0 Å². The van der Waals surface area contributed by atoms with Crippen molar-refractivity contribution in [3.8, 4) is 0 Å². The smallest absolute Gasteiger partial charge is 0.267 e. The van der Waals surface area contributed by atoms with E-state index >= 15 is 0 Å². The van der Waals surface area contributed by atoms with Gasteiger partial charge in [0.05, 0.1) is 0 Å². The van der Waals surface area contributed by atoms with E-state index in [1.165, 1.54) is 6.08 Å². The van der Waals surface area contributed by atoms with Gasteiger partial charge in [0.15, 0.2) is 0 Å². The first-order chi connectivity index (χ1) is 14.0. The molecule has 0 heterocycles. The van der Waals surface area contributed by atoms with Crippen LogP contribution < -0.4 is 15.7 Å². The number of carbonyl (C=O) groups excluding carboxylic acids is 2. The van der Waals surface area contributed by atoms with Crippen molar-refractivity contribution in [2.24, 2.45) is 0 Å². The Bertz CT molecular complexity index is 925. The number of amides is 2. The van der Waals surface area contributed by atoms with Crippen molar-refractivity contribution in [1.29, 1.82) is 0 Å². The van der Waals surface area contributed by atoms with Crippen molar-refractivity contribution in [3.05, 3.63) is 71.3 Å². The largest absolute Gasteiger partial charge is 0.378 e. The fourth-order valence-electron chi connectivity index (χ4n) is 2.79. The molecule has 6 heteroatoms. The van der Waals surface area contributed by atoms with E-state index in [4.69, 9.17) is 5.21 Å². The summed E-state index contributed by atoms with van der Waals surface area (Å²) in [5.74, 6) is -0.664. The van der Waals surface area contributed by atoms with Crippen LogP contribution in [0.15, 0.2) is 54.6 Å². The molecule has 150 valence electrons. The molecule has 0 aliphatic heterocycles. The van der Waals surface area contributed by atoms with Gasteiger partial charge < -0.3 is 10.2 Å². The molecule has 0 spiro atoms. The molecule has 3 rings (SSSR count). The van der Waals surface area contributed by atoms with Crippen LogP contribution in [0.5, 0.6) is 0 Å². The number of carbonyl (C=O) groups is 2. The fraction of sp³-hybridized carbons (Fsp3) is 0.217. The second-order valence-corrected chi connectivity index (χ2v) is 7.22. The zero-order valence-electron chi connectivity index (χ0n) is 16.6. The summed E-state index contributed by atoms with van der Waals surface area (Å²) in [6.07, 6.45) is 6.77. The van der Waals surface area contributed by atoms with Gasteiger partial charge in [-0.1, -0.05) is 36.4 Å². The highest BCUT2D eigenvalue weighted by molar-refractivity contribution is 6.24. The lowest BCUT2D eigenvalue weighted by atomic mass is 10.0. The third kappa shape index (κ3) is 5.80. The third-order valence-electron chi connectivity index (χ3n) is 4.64. The minimum absolute atomic E-state index is 0.0753. The Morgan fingerprint density at radius 2 is 1.62 bits per heavy atom. The van der Waals surface area contributed by atoms with Gasteiger partial charge in [0, 0.05) is 37.5 Å². The maximum absolute atomic E-state index is 12.8. The zero-order chi connectivity index (χ0) is 20.8. The van der Waals surface area contributed by atoms with Crippen LogP contribution in [0.2, 0.25) is 0 Å². The Hall–Kier alpha value is -3.38. The molecule has 0 aromatic heterocycles. The number of hydrogen-bond donors (Lipinski definition) is 3. The van der Waals surface area contributed by atoms with Gasteiger partial charge in [-0.15, -0.1) is 0 Å². The number of rotatable bonds is 7. The summed E-state index contributed by atoms with van der Waals surface area (Å²) in [7, 11) is 3.96. The monoisotopic (exact) mass is 391 g/mol. The van der Waals surface area contributed by atoms with Crippen LogP contribution in [-0.4, -0.2) is 37.2 Å². The van der Waals surface area contributed by atoms with Gasteiger partial charge in [-0.05, 0) is 53.8 Å². The van der Waals surface area contributed by atoms with Crippen molar-refractivity contribution < 1.29 is 14.8 Å². The fourth-order valence-corrected chi connectivity index (χ4v) is 2.79. The van der Waals surface area contributed by atoms with E-state index in [9.17, 15) is 9.59 Å². The third-order valence-corrected chi connectivity index (χ3v) is 4.64. The minimum atomic E-state index is -0.589. The van der Waals surface area contributed by atoms with Crippen LogP contribution in [0.3, 0.4) is 0 Å². The lowest BCUT2D eigenvalue weighted by Crippen LogP contribution is -2.26. The Labute approximate surface area is 170 Å². The number of anilines is 1. The average Bonchev–Trinajstić information content (AvgIpc) is 3.55. The summed E-state index contributed by atoms with van der Waals surface area (Å²) in [4.78, 5) is 25.9. The Morgan fingerprint density at radius 1 is 1.00 bits per heavy atom. The summed E-state index contributed by atoms with van der Waals surface area (Å²) in [6.45, 7) is 0. The van der Waals surface area contributed by atoms with Crippen LogP contribution >= 0.6 is 0 Å². The van der Waals surface area contributed by atoms with Crippen LogP contribution in [0.25, 0.3) is 17.7 Å². The zero-order valence-corrected chi connectivity index (χ0v) is 16.6. The molecule has 29 heavy (non-hydrogen) atoms. The van der Waals surface area contributed by atoms with Gasteiger partial charge in [0.25, 0.3) is 11.8 Å². The summed E-state index contributed by atoms with van der Waals surface area (Å²) in [5, 5.41) is 11.6. The summed E-state index contributed by atoms with van der Waals surface area (Å²) in [5.41, 5.74) is 5.79. The topological polar surface area (TPSA) is 81.7 Å². The van der Waals surface area contributed by atoms with Crippen LogP contribution in [0.4, 0.5) is 5.69 Å². The lowest BCUT2D eigenvalue weighted by molar-refractivity contribution is -0.124. The van der Waals surface area contributed by atoms with E-state index < -0.39 is 5.91 Å². The van der Waals surface area contributed by atoms with Crippen LogP contribution in [0, 0.1) is 0 Å². The summed E-state index contributed by atoms with van der Waals surface area (Å²) >= 11 is 0. The normalized spacial score (nSPS) is 14.0. The molecule has 3 N–H and O–H groups in total. The predicted octanol–water partition coefficient (Wildman–Crippen LogP) is 3.09. The minimum Gasteiger partial charge on any atom is -0.378 e. The molecule has 0 unspecified atom stereocenters. The van der Waals surface area contributed by atoms with Gasteiger partial charge in [-0.25, -0.2) is 5.48 Å². The number of benzene rings is 2. The van der Waals surface area contributed by atoms with E-state index in [2.05, 4.69) is 5.32 Å². The molecular weight excluding hydrogens is 366 g/mol. The molecule has 2 aromatic rings. The van der Waals surface area contributed by atoms with Crippen LogP contribution in [-0.2, 0) is 9.59 Å². The predicted molar refractivity (Wildman–Crippen MR) is 115 cm³/mol. The molecule has 1 saturated carbocycles. The second kappa shape index (κ2) is 9.21. The van der Waals surface area contributed by atoms with E-state index in [0.29, 0.717) is 5.57 Å². The molecule has 2 aromatic carbocycles. The second-order valence-electron chi connectivity index (χ2n) is 7.22. The first-order valence-corrected chi connectivity index (χ1v) is 9.49. The van der Waals surface area contributed by atoms with Gasteiger partial charge in [-0.3, -0.25) is 14.8 Å². The quantitative estimate of drug-likeness (QED) is 0.293. The molecule has 0 bridgehead atoms. The molecule has 0 radical (unpaired) electrons. The Balaban J connectivity index is 1.86. The Morgan fingerprint density at radius 3 is 2.17 bits per heavy atom. The summed E-state index contributed by atoms with van der Waals surface area (Å²) < 4.78 is 0. The first kappa shape index (κ1) is 20.4. The van der Waals surface area contributed by atoms with Crippen molar-refractivity contribution >= 4 is 35.2 Å². The molecule has 0 atom stereocenters. The van der Waals surface area contributed by atoms with E-state index in [-0.39, 0.29) is 11.9 Å². The molecule has 6 nitrogen and oxygen atoms in total. The number of nitrogens with zero attached hydrogens (tertiary/aromatic N) is 1. The molecule has 1 aliphatic carbocycles. The maximum Gasteiger partial charge on any atom is 0.267 e. The Kier molecular flexibility index (Phi) is 6.46. The first-order valence-electron chi connectivity index (χ1n) is 9.49. The number of hydrogen-bond acceptors (Lipinski definition) is 4. The van der Waals surface area contributed by atoms with Crippen molar-refractivity contribution in [2.75, 3.05) is 19.0 Å². The van der Waals surface area contributed by atoms with Gasteiger partial charge >= 0.3 is 0 Å². The summed E-state index contributed by atoms with van der Waals surface area (Å²) in [6, 6.07) is 15.6. The van der Waals surface area contributed by atoms with E-state index in [1.54, 1.807) is 11.6 Å². The van der Waals surface area contributed by atoms with Crippen molar-refractivity contribution in [3.63, 3.8) is 0 Å². The highest BCUT2D eigenvalue weighted by Gasteiger charge is 2.25. The van der Waals surface area contributed by atoms with Crippen LogP contribution in [0.1, 0.15) is 29.5 Å². The van der Waals surface area contributed by atoms with E-state index in [0.717, 1.165) is 35.2 Å². The standard InChI is InChI=1S/C23H25N3O3/c1-26(2)20-12-8-18(9-13-20)21(23(28)24-19-10-11-19)15-17-5-3-16(4-6-17)7-14-22(27)25-29/h3-9,12-15,19,29H,10-11H2,1-2H3,(H,24,28)(H,25,27)/b14-7+,21-15?. The van der Waals surface area contributed by atoms with E-state index in [1.807, 2.05) is 73.6 Å². The lowest BCUT2D eigenvalue weighted by Gasteiger charge is -2.14. The molecule has 1 fully saturated rings. The highest BCUT2D eigenvalue weighted by Crippen LogP contribution is 2.25. The average molecular weight is 391 g/mol.